The number of rotatable bonds is 5. The van der Waals surface area contributed by atoms with Crippen LogP contribution < -0.4 is 4.72 Å². The van der Waals surface area contributed by atoms with Gasteiger partial charge >= 0.3 is 5.97 Å². The van der Waals surface area contributed by atoms with Gasteiger partial charge in [-0.25, -0.2) is 13.1 Å². The summed E-state index contributed by atoms with van der Waals surface area (Å²) >= 11 is 0. The Morgan fingerprint density at radius 1 is 1.23 bits per heavy atom. The van der Waals surface area contributed by atoms with Gasteiger partial charge in [-0.3, -0.25) is 9.35 Å². The van der Waals surface area contributed by atoms with Crippen LogP contribution in [-0.4, -0.2) is 44.1 Å². The van der Waals surface area contributed by atoms with E-state index in [-0.39, 0.29) is 0 Å². The Kier molecular flexibility index (Phi) is 3.78. The predicted molar refractivity (Wildman–Crippen MR) is 41.0 cm³/mol. The third-order valence-corrected chi connectivity index (χ3v) is 3.76. The van der Waals surface area contributed by atoms with Crippen molar-refractivity contribution in [3.05, 3.63) is 0 Å². The Balaban J connectivity index is 4.36. The Labute approximate surface area is 74.4 Å². The number of hydrogen-bond donors (Lipinski definition) is 3. The molecule has 0 heterocycles. The van der Waals surface area contributed by atoms with Crippen molar-refractivity contribution in [2.75, 3.05) is 11.6 Å². The Bertz CT molecular complexity index is 378. The lowest BCUT2D eigenvalue weighted by atomic mass is 10.7. The highest BCUT2D eigenvalue weighted by Crippen LogP contribution is 1.90. The van der Waals surface area contributed by atoms with Crippen LogP contribution in [0.3, 0.4) is 0 Å². The molecule has 0 unspecified atom stereocenters. The van der Waals surface area contributed by atoms with Crippen molar-refractivity contribution >= 4 is 26.1 Å². The summed E-state index contributed by atoms with van der Waals surface area (Å²) < 4.78 is 51.0. The molecule has 0 spiro atoms. The molecule has 0 fully saturated rings. The molecule has 3 N–H and O–H groups in total. The van der Waals surface area contributed by atoms with Crippen LogP contribution in [-0.2, 0) is 24.9 Å². The molecule has 0 aliphatic carbocycles. The van der Waals surface area contributed by atoms with Gasteiger partial charge in [0.25, 0.3) is 10.1 Å². The number of sulfonamides is 1. The molecule has 0 aromatic heterocycles. The van der Waals surface area contributed by atoms with Gasteiger partial charge < -0.3 is 5.11 Å². The van der Waals surface area contributed by atoms with Crippen molar-refractivity contribution in [3.8, 4) is 0 Å². The first-order valence-electron chi connectivity index (χ1n) is 2.77. The second-order valence-electron chi connectivity index (χ2n) is 2.03. The molecule has 0 aliphatic heterocycles. The van der Waals surface area contributed by atoms with Gasteiger partial charge in [0.15, 0.2) is 5.08 Å². The minimum absolute atomic E-state index is 0.933. The number of aliphatic carboxylic acids is 1. The van der Waals surface area contributed by atoms with Gasteiger partial charge in [0.1, 0.15) is 6.54 Å². The SMILES string of the molecule is O=C(O)CNS(=O)(=O)CS(=O)(=O)O. The van der Waals surface area contributed by atoms with E-state index in [1.807, 2.05) is 0 Å². The molecule has 0 rings (SSSR count). The van der Waals surface area contributed by atoms with Crippen LogP contribution in [0.2, 0.25) is 0 Å². The van der Waals surface area contributed by atoms with E-state index in [0.29, 0.717) is 0 Å². The maximum absolute atomic E-state index is 10.6. The fraction of sp³-hybridized carbons (Fsp3) is 0.667. The third-order valence-electron chi connectivity index (χ3n) is 0.747. The van der Waals surface area contributed by atoms with Gasteiger partial charge in [-0.05, 0) is 0 Å². The molecule has 0 aromatic rings. The van der Waals surface area contributed by atoms with E-state index in [9.17, 15) is 21.6 Å². The summed E-state index contributed by atoms with van der Waals surface area (Å²) in [4.78, 5) is 9.87. The first-order valence-corrected chi connectivity index (χ1v) is 6.03. The lowest BCUT2D eigenvalue weighted by molar-refractivity contribution is -0.135. The van der Waals surface area contributed by atoms with Crippen LogP contribution >= 0.6 is 0 Å². The topological polar surface area (TPSA) is 138 Å². The molecule has 0 bridgehead atoms. The predicted octanol–water partition coefficient (Wildman–Crippen LogP) is -2.16. The summed E-state index contributed by atoms with van der Waals surface area (Å²) in [7, 11) is -8.98. The van der Waals surface area contributed by atoms with E-state index in [2.05, 4.69) is 0 Å². The average molecular weight is 233 g/mol. The molecule has 10 heteroatoms. The van der Waals surface area contributed by atoms with Crippen molar-refractivity contribution in [1.82, 2.24) is 4.72 Å². The zero-order valence-corrected chi connectivity index (χ0v) is 7.80. The summed E-state index contributed by atoms with van der Waals surface area (Å²) in [5, 5.41) is 6.49. The summed E-state index contributed by atoms with van der Waals surface area (Å²) in [5.41, 5.74) is 0. The lowest BCUT2D eigenvalue weighted by Crippen LogP contribution is -2.33. The molecule has 8 nitrogen and oxygen atoms in total. The number of carboxylic acid groups (broad SMARTS) is 1. The fourth-order valence-electron chi connectivity index (χ4n) is 0.409. The second kappa shape index (κ2) is 4.00. The average Bonchev–Trinajstić information content (AvgIpc) is 1.78. The largest absolute Gasteiger partial charge is 0.480 e. The quantitative estimate of drug-likeness (QED) is 0.459. The van der Waals surface area contributed by atoms with Crippen LogP contribution in [0.25, 0.3) is 0 Å². The van der Waals surface area contributed by atoms with Gasteiger partial charge in [0.05, 0.1) is 0 Å². The van der Waals surface area contributed by atoms with E-state index in [0.717, 1.165) is 0 Å². The highest BCUT2D eigenvalue weighted by molar-refractivity contribution is 8.04. The summed E-state index contributed by atoms with van der Waals surface area (Å²) in [5.74, 6) is -1.46. The van der Waals surface area contributed by atoms with E-state index in [1.54, 1.807) is 0 Å². The lowest BCUT2D eigenvalue weighted by Gasteiger charge is -2.00. The standard InChI is InChI=1S/C3H7NO7S2/c5-3(6)1-4-12(7,8)2-13(9,10)11/h4H,1-2H2,(H,5,6)(H,9,10,11). The van der Waals surface area contributed by atoms with Gasteiger partial charge in [0, 0.05) is 0 Å². The van der Waals surface area contributed by atoms with E-state index < -0.39 is 37.7 Å². The fourth-order valence-corrected chi connectivity index (χ4v) is 2.65. The minimum atomic E-state index is -4.67. The van der Waals surface area contributed by atoms with E-state index >= 15 is 0 Å². The summed E-state index contributed by atoms with van der Waals surface area (Å²) in [6, 6.07) is 0. The van der Waals surface area contributed by atoms with Crippen LogP contribution in [0.5, 0.6) is 0 Å². The normalized spacial score (nSPS) is 12.7. The Hall–Kier alpha value is -0.710. The monoisotopic (exact) mass is 233 g/mol. The molecule has 0 amide bonds. The molecule has 0 aliphatic rings. The Morgan fingerprint density at radius 3 is 2.00 bits per heavy atom. The zero-order chi connectivity index (χ0) is 10.7. The maximum atomic E-state index is 10.6. The van der Waals surface area contributed by atoms with E-state index in [1.165, 1.54) is 4.72 Å². The van der Waals surface area contributed by atoms with Crippen LogP contribution in [0.15, 0.2) is 0 Å². The van der Waals surface area contributed by atoms with E-state index in [4.69, 9.17) is 9.66 Å². The van der Waals surface area contributed by atoms with Crippen molar-refractivity contribution in [3.63, 3.8) is 0 Å². The smallest absolute Gasteiger partial charge is 0.318 e. The number of carbonyl (C=O) groups is 1. The molecule has 0 radical (unpaired) electrons. The van der Waals surface area contributed by atoms with Crippen LogP contribution in [0, 0.1) is 0 Å². The zero-order valence-electron chi connectivity index (χ0n) is 6.17. The molecular formula is C3H7NO7S2. The molecule has 0 saturated heterocycles. The Morgan fingerprint density at radius 2 is 1.69 bits per heavy atom. The van der Waals surface area contributed by atoms with Crippen molar-refractivity contribution < 1.29 is 31.3 Å². The number of hydrogen-bond acceptors (Lipinski definition) is 5. The maximum Gasteiger partial charge on any atom is 0.318 e. The van der Waals surface area contributed by atoms with Crippen LogP contribution in [0.4, 0.5) is 0 Å². The third kappa shape index (κ3) is 7.64. The summed E-state index contributed by atoms with van der Waals surface area (Å²) in [6.45, 7) is -0.933. The van der Waals surface area contributed by atoms with Gasteiger partial charge in [0.2, 0.25) is 10.0 Å². The minimum Gasteiger partial charge on any atom is -0.480 e. The van der Waals surface area contributed by atoms with Crippen LogP contribution in [0.1, 0.15) is 0 Å². The van der Waals surface area contributed by atoms with Crippen molar-refractivity contribution in [2.45, 2.75) is 0 Å². The first-order chi connectivity index (χ1) is 5.62. The molecule has 0 atom stereocenters. The van der Waals surface area contributed by atoms with Gasteiger partial charge in [-0.15, -0.1) is 0 Å². The summed E-state index contributed by atoms with van der Waals surface area (Å²) in [6.07, 6.45) is 0. The molecular weight excluding hydrogens is 226 g/mol. The molecule has 0 saturated carbocycles. The van der Waals surface area contributed by atoms with Gasteiger partial charge in [-0.2, -0.15) is 8.42 Å². The molecule has 13 heavy (non-hydrogen) atoms. The molecule has 0 aromatic carbocycles. The molecule has 78 valence electrons. The highest BCUT2D eigenvalue weighted by atomic mass is 32.3. The second-order valence-corrected chi connectivity index (χ2v) is 5.65. The number of nitrogens with one attached hydrogen (secondary N) is 1. The van der Waals surface area contributed by atoms with Crippen molar-refractivity contribution in [2.24, 2.45) is 0 Å². The number of carboxylic acids is 1. The van der Waals surface area contributed by atoms with Gasteiger partial charge in [-0.1, -0.05) is 0 Å². The highest BCUT2D eigenvalue weighted by Gasteiger charge is 2.19. The van der Waals surface area contributed by atoms with Crippen molar-refractivity contribution in [1.29, 1.82) is 0 Å². The first kappa shape index (κ1) is 12.3.